The Morgan fingerprint density at radius 2 is 2.05 bits per heavy atom. The molecule has 1 heterocycles. The number of aliphatic carboxylic acids is 1. The highest BCUT2D eigenvalue weighted by Crippen LogP contribution is 2.14. The fourth-order valence-corrected chi connectivity index (χ4v) is 1.53. The molecule has 1 N–H and O–H groups in total. The first-order valence-corrected chi connectivity index (χ1v) is 5.67. The molecule has 6 nitrogen and oxygen atoms in total. The minimum atomic E-state index is -0.940. The number of nitrogens with zero attached hydrogens (tertiary/aromatic N) is 2. The van der Waals surface area contributed by atoms with Crippen LogP contribution in [-0.4, -0.2) is 28.0 Å². The van der Waals surface area contributed by atoms with Crippen LogP contribution in [0.15, 0.2) is 36.7 Å². The summed E-state index contributed by atoms with van der Waals surface area (Å²) in [6.07, 6.45) is 3.05. The number of carboxylic acids is 1. The van der Waals surface area contributed by atoms with E-state index in [1.54, 1.807) is 13.3 Å². The number of rotatable bonds is 6. The van der Waals surface area contributed by atoms with Crippen LogP contribution in [0.25, 0.3) is 0 Å². The van der Waals surface area contributed by atoms with Crippen molar-refractivity contribution in [3.8, 4) is 11.5 Å². The maximum absolute atomic E-state index is 10.5. The van der Waals surface area contributed by atoms with Gasteiger partial charge in [-0.25, -0.2) is 0 Å². The molecule has 100 valence electrons. The van der Waals surface area contributed by atoms with Crippen LogP contribution in [0.5, 0.6) is 11.5 Å². The van der Waals surface area contributed by atoms with E-state index in [4.69, 9.17) is 14.6 Å². The molecule has 1 aromatic carbocycles. The molecule has 0 radical (unpaired) electrons. The number of methoxy groups -OCH3 is 1. The fourth-order valence-electron chi connectivity index (χ4n) is 1.53. The van der Waals surface area contributed by atoms with Crippen molar-refractivity contribution in [2.24, 2.45) is 0 Å². The van der Waals surface area contributed by atoms with Crippen LogP contribution in [0.2, 0.25) is 0 Å². The van der Waals surface area contributed by atoms with E-state index in [1.165, 1.54) is 10.9 Å². The van der Waals surface area contributed by atoms with Crippen LogP contribution in [-0.2, 0) is 17.9 Å². The van der Waals surface area contributed by atoms with Crippen LogP contribution < -0.4 is 9.47 Å². The van der Waals surface area contributed by atoms with Crippen LogP contribution in [0.4, 0.5) is 0 Å². The maximum atomic E-state index is 10.5. The van der Waals surface area contributed by atoms with E-state index < -0.39 is 5.97 Å². The van der Waals surface area contributed by atoms with Crippen LogP contribution >= 0.6 is 0 Å². The lowest BCUT2D eigenvalue weighted by molar-refractivity contribution is -0.137. The van der Waals surface area contributed by atoms with Gasteiger partial charge in [0.15, 0.2) is 5.75 Å². The molecule has 0 aliphatic carbocycles. The normalized spacial score (nSPS) is 10.2. The highest BCUT2D eigenvalue weighted by Gasteiger charge is 2.03. The second-order valence-corrected chi connectivity index (χ2v) is 3.90. The number of aromatic nitrogens is 2. The molecule has 6 heteroatoms. The van der Waals surface area contributed by atoms with E-state index in [-0.39, 0.29) is 6.54 Å². The third-order valence-electron chi connectivity index (χ3n) is 2.47. The van der Waals surface area contributed by atoms with Crippen molar-refractivity contribution in [3.05, 3.63) is 42.2 Å². The summed E-state index contributed by atoms with van der Waals surface area (Å²) >= 11 is 0. The molecule has 2 rings (SSSR count). The Balaban J connectivity index is 1.90. The molecule has 0 saturated carbocycles. The van der Waals surface area contributed by atoms with Gasteiger partial charge in [0.25, 0.3) is 0 Å². The predicted octanol–water partition coefficient (Wildman–Crippen LogP) is 1.56. The number of hydrogen-bond acceptors (Lipinski definition) is 4. The van der Waals surface area contributed by atoms with Crippen molar-refractivity contribution in [1.82, 2.24) is 9.78 Å². The zero-order valence-corrected chi connectivity index (χ0v) is 10.4. The summed E-state index contributed by atoms with van der Waals surface area (Å²) in [5.74, 6) is 0.389. The van der Waals surface area contributed by atoms with E-state index in [1.807, 2.05) is 24.3 Å². The highest BCUT2D eigenvalue weighted by atomic mass is 16.5. The lowest BCUT2D eigenvalue weighted by Crippen LogP contribution is -2.08. The topological polar surface area (TPSA) is 73.6 Å². The van der Waals surface area contributed by atoms with Gasteiger partial charge < -0.3 is 14.6 Å². The Kier molecular flexibility index (Phi) is 4.02. The van der Waals surface area contributed by atoms with Gasteiger partial charge in [0.2, 0.25) is 0 Å². The molecule has 0 unspecified atom stereocenters. The molecule has 0 saturated heterocycles. The monoisotopic (exact) mass is 262 g/mol. The minimum Gasteiger partial charge on any atom is -0.497 e. The Morgan fingerprint density at radius 3 is 2.68 bits per heavy atom. The number of carbonyl (C=O) groups is 1. The number of carboxylic acid groups (broad SMARTS) is 1. The second kappa shape index (κ2) is 5.90. The van der Waals surface area contributed by atoms with Crippen molar-refractivity contribution in [2.45, 2.75) is 13.2 Å². The molecule has 0 atom stereocenters. The summed E-state index contributed by atoms with van der Waals surface area (Å²) in [6, 6.07) is 7.51. The smallest absolute Gasteiger partial charge is 0.325 e. The first kappa shape index (κ1) is 12.9. The third-order valence-corrected chi connectivity index (χ3v) is 2.47. The molecule has 19 heavy (non-hydrogen) atoms. The fraction of sp³-hybridized carbons (Fsp3) is 0.231. The van der Waals surface area contributed by atoms with Crippen molar-refractivity contribution in [2.75, 3.05) is 7.11 Å². The summed E-state index contributed by atoms with van der Waals surface area (Å²) in [4.78, 5) is 10.5. The van der Waals surface area contributed by atoms with Crippen molar-refractivity contribution in [1.29, 1.82) is 0 Å². The zero-order valence-electron chi connectivity index (χ0n) is 10.4. The molecule has 0 fully saturated rings. The van der Waals surface area contributed by atoms with Crippen LogP contribution in [0.1, 0.15) is 5.56 Å². The molecule has 0 amide bonds. The van der Waals surface area contributed by atoms with Gasteiger partial charge in [0, 0.05) is 0 Å². The largest absolute Gasteiger partial charge is 0.497 e. The van der Waals surface area contributed by atoms with Crippen molar-refractivity contribution >= 4 is 5.97 Å². The van der Waals surface area contributed by atoms with Gasteiger partial charge in [0.1, 0.15) is 18.9 Å². The third kappa shape index (κ3) is 3.74. The first-order chi connectivity index (χ1) is 9.17. The number of benzene rings is 1. The van der Waals surface area contributed by atoms with Crippen molar-refractivity contribution < 1.29 is 19.4 Å². The van der Waals surface area contributed by atoms with Gasteiger partial charge >= 0.3 is 5.97 Å². The molecule has 0 spiro atoms. The lowest BCUT2D eigenvalue weighted by Gasteiger charge is -2.04. The van der Waals surface area contributed by atoms with E-state index >= 15 is 0 Å². The molecule has 1 aromatic heterocycles. The molecule has 0 aliphatic rings. The average Bonchev–Trinajstić information content (AvgIpc) is 2.84. The SMILES string of the molecule is COc1ccc(COc2cnn(CC(=O)O)c2)cc1. The molecular weight excluding hydrogens is 248 g/mol. The first-order valence-electron chi connectivity index (χ1n) is 5.67. The number of ether oxygens (including phenoxy) is 2. The Labute approximate surface area is 110 Å². The van der Waals surface area contributed by atoms with E-state index in [0.29, 0.717) is 12.4 Å². The second-order valence-electron chi connectivity index (χ2n) is 3.90. The van der Waals surface area contributed by atoms with Gasteiger partial charge in [0.05, 0.1) is 19.5 Å². The quantitative estimate of drug-likeness (QED) is 0.855. The van der Waals surface area contributed by atoms with E-state index in [9.17, 15) is 4.79 Å². The average molecular weight is 262 g/mol. The highest BCUT2D eigenvalue weighted by molar-refractivity contribution is 5.66. The van der Waals surface area contributed by atoms with E-state index in [2.05, 4.69) is 5.10 Å². The van der Waals surface area contributed by atoms with Gasteiger partial charge in [-0.15, -0.1) is 0 Å². The Morgan fingerprint density at radius 1 is 1.32 bits per heavy atom. The summed E-state index contributed by atoms with van der Waals surface area (Å²) in [5.41, 5.74) is 0.992. The van der Waals surface area contributed by atoms with Gasteiger partial charge in [-0.1, -0.05) is 12.1 Å². The lowest BCUT2D eigenvalue weighted by atomic mass is 10.2. The minimum absolute atomic E-state index is 0.175. The molecule has 2 aromatic rings. The summed E-state index contributed by atoms with van der Waals surface area (Å²) in [7, 11) is 1.61. The predicted molar refractivity (Wildman–Crippen MR) is 67.2 cm³/mol. The van der Waals surface area contributed by atoms with Crippen LogP contribution in [0.3, 0.4) is 0 Å². The van der Waals surface area contributed by atoms with Gasteiger partial charge in [-0.3, -0.25) is 9.48 Å². The number of hydrogen-bond donors (Lipinski definition) is 1. The van der Waals surface area contributed by atoms with Crippen molar-refractivity contribution in [3.63, 3.8) is 0 Å². The van der Waals surface area contributed by atoms with Gasteiger partial charge in [-0.05, 0) is 17.7 Å². The summed E-state index contributed by atoms with van der Waals surface area (Å²) in [5, 5.41) is 12.5. The summed E-state index contributed by atoms with van der Waals surface area (Å²) < 4.78 is 11.9. The van der Waals surface area contributed by atoms with Crippen LogP contribution in [0, 0.1) is 0 Å². The molecule has 0 aliphatic heterocycles. The zero-order chi connectivity index (χ0) is 13.7. The summed E-state index contributed by atoms with van der Waals surface area (Å²) in [6.45, 7) is 0.217. The Bertz CT molecular complexity index is 548. The molecular formula is C13H14N2O4. The van der Waals surface area contributed by atoms with Gasteiger partial charge in [-0.2, -0.15) is 5.10 Å². The van der Waals surface area contributed by atoms with E-state index in [0.717, 1.165) is 11.3 Å². The molecule has 0 bridgehead atoms. The standard InChI is InChI=1S/C13H14N2O4/c1-18-11-4-2-10(3-5-11)9-19-12-6-14-15(7-12)8-13(16)17/h2-7H,8-9H2,1H3,(H,16,17). The maximum Gasteiger partial charge on any atom is 0.325 e. The Hall–Kier alpha value is -2.50.